The normalized spacial score (nSPS) is 11.2. The predicted molar refractivity (Wildman–Crippen MR) is 182 cm³/mol. The van der Waals surface area contributed by atoms with Gasteiger partial charge < -0.3 is 0 Å². The predicted octanol–water partition coefficient (Wildman–Crippen LogP) is 10.5. The number of rotatable bonds is 5. The summed E-state index contributed by atoms with van der Waals surface area (Å²) in [4.78, 5) is 14.7. The van der Waals surface area contributed by atoms with Crippen LogP contribution in [0, 0.1) is 0 Å². The zero-order chi connectivity index (χ0) is 29.3. The van der Waals surface area contributed by atoms with Crippen LogP contribution in [0.15, 0.2) is 164 Å². The molecule has 0 saturated heterocycles. The van der Waals surface area contributed by atoms with Crippen molar-refractivity contribution < 1.29 is 0 Å². The van der Waals surface area contributed by atoms with Gasteiger partial charge in [0.15, 0.2) is 5.82 Å². The molecule has 0 saturated carbocycles. The van der Waals surface area contributed by atoms with Gasteiger partial charge in [-0.3, -0.25) is 4.98 Å². The molecule has 0 aliphatic heterocycles. The first-order valence-electron chi connectivity index (χ1n) is 14.8. The molecule has 206 valence electrons. The van der Waals surface area contributed by atoms with Crippen LogP contribution in [0.2, 0.25) is 0 Å². The molecule has 0 amide bonds. The summed E-state index contributed by atoms with van der Waals surface area (Å²) in [6.07, 6.45) is 3.71. The fraction of sp³-hybridized carbons (Fsp3) is 0. The lowest BCUT2D eigenvalue weighted by atomic mass is 9.91. The minimum absolute atomic E-state index is 0.706. The van der Waals surface area contributed by atoms with Crippen LogP contribution < -0.4 is 0 Å². The lowest BCUT2D eigenvalue weighted by molar-refractivity contribution is 1.19. The smallest absolute Gasteiger partial charge is 0.160 e. The minimum Gasteiger partial charge on any atom is -0.264 e. The van der Waals surface area contributed by atoms with E-state index in [-0.39, 0.29) is 0 Å². The molecule has 0 N–H and O–H groups in total. The van der Waals surface area contributed by atoms with Crippen molar-refractivity contribution in [2.24, 2.45) is 0 Å². The Balaban J connectivity index is 1.34. The fourth-order valence-corrected chi connectivity index (χ4v) is 5.96. The summed E-state index contributed by atoms with van der Waals surface area (Å²) in [6.45, 7) is 0. The molecule has 2 heterocycles. The fourth-order valence-electron chi connectivity index (χ4n) is 5.96. The third-order valence-corrected chi connectivity index (χ3v) is 8.16. The summed E-state index contributed by atoms with van der Waals surface area (Å²) < 4.78 is 0. The second-order valence-corrected chi connectivity index (χ2v) is 10.9. The van der Waals surface area contributed by atoms with Gasteiger partial charge in [-0.15, -0.1) is 0 Å². The van der Waals surface area contributed by atoms with Crippen LogP contribution >= 0.6 is 0 Å². The molecule has 0 aliphatic carbocycles. The molecule has 2 aromatic heterocycles. The minimum atomic E-state index is 0.706. The number of nitrogens with zero attached hydrogens (tertiary/aromatic N) is 3. The Labute approximate surface area is 256 Å². The average molecular weight is 562 g/mol. The number of benzene rings is 6. The Morgan fingerprint density at radius 2 is 1.02 bits per heavy atom. The SMILES string of the molecule is c1ccc(-c2nc(-c3ccc4cc(-c5cccnc5)ccc4c3)cc(-c3c(-c4ccccc4)ccc4ccccc34)n2)cc1. The summed E-state index contributed by atoms with van der Waals surface area (Å²) in [7, 11) is 0. The second-order valence-electron chi connectivity index (χ2n) is 10.9. The first-order chi connectivity index (χ1) is 21.8. The largest absolute Gasteiger partial charge is 0.264 e. The van der Waals surface area contributed by atoms with Crippen molar-refractivity contribution in [2.75, 3.05) is 0 Å². The standard InChI is InChI=1S/C41H27N3/c1-3-10-28(11-4-1)37-22-21-29-12-7-8-16-36(29)40(37)39-26-38(43-41(44-39)30-13-5-2-6-14-30)34-20-19-31-24-33(18-17-32(31)25-34)35-15-9-23-42-27-35/h1-27H. The molecule has 0 radical (unpaired) electrons. The van der Waals surface area contributed by atoms with E-state index in [9.17, 15) is 0 Å². The molecule has 0 unspecified atom stereocenters. The Hall–Kier alpha value is -5.93. The van der Waals surface area contributed by atoms with Gasteiger partial charge in [-0.1, -0.05) is 127 Å². The summed E-state index contributed by atoms with van der Waals surface area (Å²) in [5.74, 6) is 0.706. The van der Waals surface area contributed by atoms with Gasteiger partial charge in [0.25, 0.3) is 0 Å². The van der Waals surface area contributed by atoms with Gasteiger partial charge in [-0.25, -0.2) is 9.97 Å². The van der Waals surface area contributed by atoms with Crippen LogP contribution in [0.25, 0.3) is 77.7 Å². The van der Waals surface area contributed by atoms with Crippen molar-refractivity contribution in [3.05, 3.63) is 164 Å². The third-order valence-electron chi connectivity index (χ3n) is 8.16. The Bertz CT molecular complexity index is 2260. The molecule has 0 aliphatic rings. The molecule has 6 aromatic carbocycles. The first kappa shape index (κ1) is 25.8. The monoisotopic (exact) mass is 561 g/mol. The quantitative estimate of drug-likeness (QED) is 0.210. The first-order valence-corrected chi connectivity index (χ1v) is 14.8. The van der Waals surface area contributed by atoms with Gasteiger partial charge in [-0.05, 0) is 62.5 Å². The number of pyridine rings is 1. The van der Waals surface area contributed by atoms with Crippen LogP contribution in [0.3, 0.4) is 0 Å². The molecular formula is C41H27N3. The maximum absolute atomic E-state index is 5.23. The summed E-state index contributed by atoms with van der Waals surface area (Å²) in [6, 6.07) is 53.1. The second kappa shape index (κ2) is 11.0. The van der Waals surface area contributed by atoms with E-state index >= 15 is 0 Å². The van der Waals surface area contributed by atoms with Gasteiger partial charge in [0, 0.05) is 34.6 Å². The Morgan fingerprint density at radius 1 is 0.386 bits per heavy atom. The van der Waals surface area contributed by atoms with E-state index in [2.05, 4.69) is 132 Å². The summed E-state index contributed by atoms with van der Waals surface area (Å²) in [5.41, 5.74) is 9.49. The Kier molecular flexibility index (Phi) is 6.47. The molecule has 3 nitrogen and oxygen atoms in total. The van der Waals surface area contributed by atoms with Gasteiger partial charge in [-0.2, -0.15) is 0 Å². The zero-order valence-electron chi connectivity index (χ0n) is 23.9. The van der Waals surface area contributed by atoms with E-state index in [1.807, 2.05) is 30.5 Å². The summed E-state index contributed by atoms with van der Waals surface area (Å²) in [5, 5.41) is 4.68. The van der Waals surface area contributed by atoms with Crippen LogP contribution in [-0.4, -0.2) is 15.0 Å². The maximum Gasteiger partial charge on any atom is 0.160 e. The van der Waals surface area contributed by atoms with Crippen molar-refractivity contribution in [1.29, 1.82) is 0 Å². The van der Waals surface area contributed by atoms with Gasteiger partial charge in [0.05, 0.1) is 11.4 Å². The molecular weight excluding hydrogens is 534 g/mol. The summed E-state index contributed by atoms with van der Waals surface area (Å²) >= 11 is 0. The van der Waals surface area contributed by atoms with E-state index in [1.54, 1.807) is 6.20 Å². The van der Waals surface area contributed by atoms with Crippen molar-refractivity contribution in [2.45, 2.75) is 0 Å². The van der Waals surface area contributed by atoms with Crippen molar-refractivity contribution in [3.8, 4) is 56.2 Å². The van der Waals surface area contributed by atoms with E-state index in [4.69, 9.17) is 9.97 Å². The number of hydrogen-bond acceptors (Lipinski definition) is 3. The molecule has 3 heteroatoms. The van der Waals surface area contributed by atoms with Crippen LogP contribution in [0.5, 0.6) is 0 Å². The van der Waals surface area contributed by atoms with E-state index in [0.717, 1.165) is 55.7 Å². The van der Waals surface area contributed by atoms with E-state index in [1.165, 1.54) is 16.2 Å². The molecule has 0 fully saturated rings. The lowest BCUT2D eigenvalue weighted by Crippen LogP contribution is -1.98. The number of fused-ring (bicyclic) bond motifs is 2. The number of aromatic nitrogens is 3. The topological polar surface area (TPSA) is 38.7 Å². The highest BCUT2D eigenvalue weighted by atomic mass is 14.9. The molecule has 8 aromatic rings. The Morgan fingerprint density at radius 3 is 1.80 bits per heavy atom. The number of hydrogen-bond donors (Lipinski definition) is 0. The zero-order valence-corrected chi connectivity index (χ0v) is 23.9. The third kappa shape index (κ3) is 4.81. The van der Waals surface area contributed by atoms with Crippen LogP contribution in [0.1, 0.15) is 0 Å². The molecule has 0 bridgehead atoms. The molecule has 0 atom stereocenters. The highest BCUT2D eigenvalue weighted by Crippen LogP contribution is 2.39. The maximum atomic E-state index is 5.23. The highest BCUT2D eigenvalue weighted by Gasteiger charge is 2.17. The van der Waals surface area contributed by atoms with Crippen LogP contribution in [-0.2, 0) is 0 Å². The molecule has 44 heavy (non-hydrogen) atoms. The molecule has 8 rings (SSSR count). The van der Waals surface area contributed by atoms with Crippen LogP contribution in [0.4, 0.5) is 0 Å². The van der Waals surface area contributed by atoms with Gasteiger partial charge in [0.2, 0.25) is 0 Å². The van der Waals surface area contributed by atoms with E-state index in [0.29, 0.717) is 5.82 Å². The lowest BCUT2D eigenvalue weighted by Gasteiger charge is -2.16. The van der Waals surface area contributed by atoms with Crippen molar-refractivity contribution >= 4 is 21.5 Å². The van der Waals surface area contributed by atoms with Gasteiger partial charge in [0.1, 0.15) is 0 Å². The highest BCUT2D eigenvalue weighted by molar-refractivity contribution is 6.04. The van der Waals surface area contributed by atoms with E-state index < -0.39 is 0 Å². The average Bonchev–Trinajstić information content (AvgIpc) is 3.11. The molecule has 0 spiro atoms. The van der Waals surface area contributed by atoms with Crippen molar-refractivity contribution in [1.82, 2.24) is 15.0 Å². The van der Waals surface area contributed by atoms with Crippen molar-refractivity contribution in [3.63, 3.8) is 0 Å². The van der Waals surface area contributed by atoms with Gasteiger partial charge >= 0.3 is 0 Å².